The van der Waals surface area contributed by atoms with E-state index in [1.165, 1.54) is 5.56 Å². The first kappa shape index (κ1) is 10.3. The molecule has 2 radical (unpaired) electrons. The van der Waals surface area contributed by atoms with Crippen LogP contribution in [0.2, 0.25) is 0 Å². The van der Waals surface area contributed by atoms with E-state index >= 15 is 0 Å². The fraction of sp³-hybridized carbons (Fsp3) is 0.455. The molecule has 0 heterocycles. The second-order valence-corrected chi connectivity index (χ2v) is 3.77. The van der Waals surface area contributed by atoms with Gasteiger partial charge in [0, 0.05) is 6.54 Å². The molecule has 0 aliphatic heterocycles. The summed E-state index contributed by atoms with van der Waals surface area (Å²) in [4.78, 5) is 0. The summed E-state index contributed by atoms with van der Waals surface area (Å²) in [5.41, 5.74) is 2.11. The highest BCUT2D eigenvalue weighted by Crippen LogP contribution is 1.96. The van der Waals surface area contributed by atoms with Crippen LogP contribution in [0.1, 0.15) is 19.4 Å². The van der Waals surface area contributed by atoms with Crippen molar-refractivity contribution in [3.8, 4) is 0 Å². The Morgan fingerprint density at radius 2 is 1.85 bits per heavy atom. The smallest absolute Gasteiger partial charge is 0.113 e. The molecule has 1 N–H and O–H groups in total. The second-order valence-electron chi connectivity index (χ2n) is 3.77. The molecular formula is C11H16BN. The van der Waals surface area contributed by atoms with E-state index in [9.17, 15) is 0 Å². The molecule has 1 nitrogen and oxygen atoms in total. The van der Waals surface area contributed by atoms with Crippen LogP contribution in [-0.4, -0.2) is 14.4 Å². The van der Waals surface area contributed by atoms with Crippen LogP contribution in [0, 0.1) is 5.92 Å². The molecule has 0 atom stereocenters. The number of nitrogens with one attached hydrogen (secondary N) is 1. The zero-order valence-electron chi connectivity index (χ0n) is 8.38. The van der Waals surface area contributed by atoms with E-state index in [0.717, 1.165) is 18.6 Å². The Morgan fingerprint density at radius 1 is 1.23 bits per heavy atom. The lowest BCUT2D eigenvalue weighted by Gasteiger charge is -2.07. The van der Waals surface area contributed by atoms with Crippen molar-refractivity contribution in [3.63, 3.8) is 0 Å². The van der Waals surface area contributed by atoms with Crippen molar-refractivity contribution in [1.29, 1.82) is 0 Å². The number of hydrogen-bond donors (Lipinski definition) is 1. The van der Waals surface area contributed by atoms with Crippen molar-refractivity contribution >= 4 is 13.3 Å². The lowest BCUT2D eigenvalue weighted by molar-refractivity contribution is 0.552. The van der Waals surface area contributed by atoms with Crippen LogP contribution in [-0.2, 0) is 6.54 Å². The van der Waals surface area contributed by atoms with Crippen LogP contribution in [0.3, 0.4) is 0 Å². The van der Waals surface area contributed by atoms with Crippen molar-refractivity contribution in [2.45, 2.75) is 20.4 Å². The van der Waals surface area contributed by atoms with Gasteiger partial charge in [-0.05, 0) is 18.0 Å². The molecule has 0 bridgehead atoms. The van der Waals surface area contributed by atoms with Gasteiger partial charge >= 0.3 is 0 Å². The molecule has 68 valence electrons. The second kappa shape index (κ2) is 5.08. The van der Waals surface area contributed by atoms with E-state index in [1.54, 1.807) is 0 Å². The molecule has 0 spiro atoms. The molecule has 1 aromatic rings. The largest absolute Gasteiger partial charge is 0.312 e. The van der Waals surface area contributed by atoms with Crippen molar-refractivity contribution in [3.05, 3.63) is 29.8 Å². The van der Waals surface area contributed by atoms with Crippen LogP contribution in [0.25, 0.3) is 0 Å². The lowest BCUT2D eigenvalue weighted by Crippen LogP contribution is -2.19. The average Bonchev–Trinajstić information content (AvgIpc) is 2.08. The zero-order chi connectivity index (χ0) is 9.68. The summed E-state index contributed by atoms with van der Waals surface area (Å²) in [5.74, 6) is 0.703. The van der Waals surface area contributed by atoms with Gasteiger partial charge in [0.2, 0.25) is 0 Å². The molecule has 0 amide bonds. The summed E-state index contributed by atoms with van der Waals surface area (Å²) in [6.07, 6.45) is 0. The highest BCUT2D eigenvalue weighted by molar-refractivity contribution is 6.32. The molecule has 0 unspecified atom stereocenters. The van der Waals surface area contributed by atoms with E-state index in [0.29, 0.717) is 5.92 Å². The molecular weight excluding hydrogens is 157 g/mol. The molecule has 13 heavy (non-hydrogen) atoms. The third-order valence-electron chi connectivity index (χ3n) is 1.86. The monoisotopic (exact) mass is 173 g/mol. The summed E-state index contributed by atoms with van der Waals surface area (Å²) in [7, 11) is 5.58. The fourth-order valence-electron chi connectivity index (χ4n) is 1.14. The number of rotatable bonds is 4. The Kier molecular flexibility index (Phi) is 4.03. The minimum atomic E-state index is 0.703. The van der Waals surface area contributed by atoms with Crippen LogP contribution in [0.5, 0.6) is 0 Å². The Hall–Kier alpha value is -0.755. The Bertz CT molecular complexity index is 241. The topological polar surface area (TPSA) is 12.0 Å². The molecule has 0 fully saturated rings. The Morgan fingerprint density at radius 3 is 2.38 bits per heavy atom. The van der Waals surface area contributed by atoms with Crippen molar-refractivity contribution in [1.82, 2.24) is 5.32 Å². The molecule has 0 saturated heterocycles. The fourth-order valence-corrected chi connectivity index (χ4v) is 1.14. The van der Waals surface area contributed by atoms with Gasteiger partial charge in [0.1, 0.15) is 7.85 Å². The summed E-state index contributed by atoms with van der Waals surface area (Å²) in [6.45, 7) is 6.40. The zero-order valence-corrected chi connectivity index (χ0v) is 8.38. The normalized spacial score (nSPS) is 10.7. The van der Waals surface area contributed by atoms with Gasteiger partial charge in [0.25, 0.3) is 0 Å². The van der Waals surface area contributed by atoms with Gasteiger partial charge in [-0.25, -0.2) is 0 Å². The third kappa shape index (κ3) is 4.14. The number of hydrogen-bond acceptors (Lipinski definition) is 1. The minimum absolute atomic E-state index is 0.703. The van der Waals surface area contributed by atoms with E-state index in [4.69, 9.17) is 7.85 Å². The highest BCUT2D eigenvalue weighted by Gasteiger charge is 1.94. The van der Waals surface area contributed by atoms with Gasteiger partial charge in [0.15, 0.2) is 0 Å². The third-order valence-corrected chi connectivity index (χ3v) is 1.86. The first-order chi connectivity index (χ1) is 6.18. The molecule has 0 aromatic heterocycles. The number of benzene rings is 1. The van der Waals surface area contributed by atoms with Gasteiger partial charge < -0.3 is 5.32 Å². The molecule has 0 aliphatic carbocycles. The van der Waals surface area contributed by atoms with Gasteiger partial charge in [0.05, 0.1) is 0 Å². The first-order valence-corrected chi connectivity index (χ1v) is 4.73. The molecule has 1 rings (SSSR count). The predicted molar refractivity (Wildman–Crippen MR) is 58.4 cm³/mol. The molecule has 0 saturated carbocycles. The van der Waals surface area contributed by atoms with Crippen LogP contribution in [0.4, 0.5) is 0 Å². The maximum absolute atomic E-state index is 5.58. The van der Waals surface area contributed by atoms with Gasteiger partial charge in [-0.3, -0.25) is 0 Å². The minimum Gasteiger partial charge on any atom is -0.312 e. The van der Waals surface area contributed by atoms with Gasteiger partial charge in [-0.2, -0.15) is 0 Å². The lowest BCUT2D eigenvalue weighted by atomic mass is 9.95. The van der Waals surface area contributed by atoms with Gasteiger partial charge in [-0.15, -0.1) is 0 Å². The van der Waals surface area contributed by atoms with E-state index in [-0.39, 0.29) is 0 Å². The first-order valence-electron chi connectivity index (χ1n) is 4.73. The van der Waals surface area contributed by atoms with E-state index in [1.807, 2.05) is 12.1 Å². The summed E-state index contributed by atoms with van der Waals surface area (Å²) in [6, 6.07) is 7.99. The van der Waals surface area contributed by atoms with Crippen LogP contribution in [0.15, 0.2) is 24.3 Å². The Labute approximate surface area is 82.0 Å². The van der Waals surface area contributed by atoms with Crippen molar-refractivity contribution < 1.29 is 0 Å². The molecule has 0 aliphatic rings. The Balaban J connectivity index is 2.33. The average molecular weight is 173 g/mol. The SMILES string of the molecule is [B]c1ccc(CNCC(C)C)cc1. The summed E-state index contributed by atoms with van der Waals surface area (Å²) in [5, 5.41) is 3.38. The predicted octanol–water partition coefficient (Wildman–Crippen LogP) is 1.23. The maximum Gasteiger partial charge on any atom is 0.113 e. The quantitative estimate of drug-likeness (QED) is 0.675. The van der Waals surface area contributed by atoms with Crippen LogP contribution < -0.4 is 10.8 Å². The highest BCUT2D eigenvalue weighted by atomic mass is 14.8. The van der Waals surface area contributed by atoms with Crippen molar-refractivity contribution in [2.24, 2.45) is 5.92 Å². The maximum atomic E-state index is 5.58. The van der Waals surface area contributed by atoms with Crippen LogP contribution >= 0.6 is 0 Å². The van der Waals surface area contributed by atoms with Crippen molar-refractivity contribution in [2.75, 3.05) is 6.54 Å². The summed E-state index contributed by atoms with van der Waals surface area (Å²) >= 11 is 0. The standard InChI is InChI=1S/C11H16BN/c1-9(2)7-13-8-10-3-5-11(12)6-4-10/h3-6,9,13H,7-8H2,1-2H3. The summed E-state index contributed by atoms with van der Waals surface area (Å²) < 4.78 is 0. The van der Waals surface area contributed by atoms with E-state index in [2.05, 4.69) is 31.3 Å². The molecule has 1 aromatic carbocycles. The van der Waals surface area contributed by atoms with Gasteiger partial charge in [-0.1, -0.05) is 43.6 Å². The van der Waals surface area contributed by atoms with E-state index < -0.39 is 0 Å². The molecule has 2 heteroatoms.